The normalized spacial score (nSPS) is 15.2. The van der Waals surface area contributed by atoms with E-state index in [1.807, 2.05) is 12.4 Å². The molecular formula is C25H35ClN6O. The number of benzene rings is 1. The zero-order valence-corrected chi connectivity index (χ0v) is 21.0. The fourth-order valence-electron chi connectivity index (χ4n) is 4.10. The maximum absolute atomic E-state index is 5.40. The molecule has 4 rings (SSSR count). The second-order valence-electron chi connectivity index (χ2n) is 9.57. The molecule has 2 N–H and O–H groups in total. The number of piperazine rings is 1. The van der Waals surface area contributed by atoms with Crippen molar-refractivity contribution in [2.45, 2.75) is 52.6 Å². The summed E-state index contributed by atoms with van der Waals surface area (Å²) in [6.45, 7) is 15.2. The van der Waals surface area contributed by atoms with E-state index in [1.165, 1.54) is 27.9 Å². The summed E-state index contributed by atoms with van der Waals surface area (Å²) < 4.78 is 5.40. The first-order valence-electron chi connectivity index (χ1n) is 11.4. The van der Waals surface area contributed by atoms with Crippen molar-refractivity contribution in [1.82, 2.24) is 25.8 Å². The highest BCUT2D eigenvalue weighted by Gasteiger charge is 2.22. The van der Waals surface area contributed by atoms with Crippen molar-refractivity contribution in [2.24, 2.45) is 0 Å². The molecular weight excluding hydrogens is 436 g/mol. The molecule has 0 spiro atoms. The molecule has 0 radical (unpaired) electrons. The van der Waals surface area contributed by atoms with Gasteiger partial charge in [0.25, 0.3) is 0 Å². The van der Waals surface area contributed by atoms with Gasteiger partial charge in [-0.15, -0.1) is 12.4 Å². The van der Waals surface area contributed by atoms with Crippen LogP contribution in [-0.4, -0.2) is 41.3 Å². The summed E-state index contributed by atoms with van der Waals surface area (Å²) in [6, 6.07) is 9.01. The van der Waals surface area contributed by atoms with Gasteiger partial charge >= 0.3 is 0 Å². The summed E-state index contributed by atoms with van der Waals surface area (Å²) in [7, 11) is 0. The highest BCUT2D eigenvalue weighted by Crippen LogP contribution is 2.32. The monoisotopic (exact) mass is 470 g/mol. The summed E-state index contributed by atoms with van der Waals surface area (Å²) in [6.07, 6.45) is 3.87. The van der Waals surface area contributed by atoms with Gasteiger partial charge in [-0.2, -0.15) is 4.98 Å². The predicted molar refractivity (Wildman–Crippen MR) is 135 cm³/mol. The van der Waals surface area contributed by atoms with Gasteiger partial charge in [0.15, 0.2) is 5.82 Å². The Kier molecular flexibility index (Phi) is 8.10. The van der Waals surface area contributed by atoms with Crippen LogP contribution < -0.4 is 15.5 Å². The number of hydrogen-bond donors (Lipinski definition) is 2. The van der Waals surface area contributed by atoms with Gasteiger partial charge in [0.2, 0.25) is 5.89 Å². The van der Waals surface area contributed by atoms with Crippen LogP contribution in [-0.2, 0) is 12.0 Å². The smallest absolute Gasteiger partial charge is 0.232 e. The molecule has 2 aromatic heterocycles. The number of anilines is 1. The highest BCUT2D eigenvalue weighted by atomic mass is 35.5. The largest absolute Gasteiger partial charge is 0.367 e. The van der Waals surface area contributed by atoms with Gasteiger partial charge in [-0.05, 0) is 36.6 Å². The molecule has 7 nitrogen and oxygen atoms in total. The molecule has 178 valence electrons. The Bertz CT molecular complexity index is 1060. The highest BCUT2D eigenvalue weighted by molar-refractivity contribution is 5.85. The molecule has 1 fully saturated rings. The van der Waals surface area contributed by atoms with Gasteiger partial charge < -0.3 is 20.1 Å². The van der Waals surface area contributed by atoms with Gasteiger partial charge in [0.05, 0.1) is 18.4 Å². The third kappa shape index (κ3) is 5.91. The fourth-order valence-corrected chi connectivity index (χ4v) is 4.10. The predicted octanol–water partition coefficient (Wildman–Crippen LogP) is 4.42. The first kappa shape index (κ1) is 25.1. The summed E-state index contributed by atoms with van der Waals surface area (Å²) >= 11 is 0. The lowest BCUT2D eigenvalue weighted by atomic mass is 9.96. The Morgan fingerprint density at radius 3 is 2.61 bits per heavy atom. The Morgan fingerprint density at radius 1 is 1.18 bits per heavy atom. The molecule has 0 bridgehead atoms. The van der Waals surface area contributed by atoms with E-state index in [0.717, 1.165) is 26.2 Å². The third-order valence-corrected chi connectivity index (χ3v) is 5.98. The number of aromatic nitrogens is 3. The van der Waals surface area contributed by atoms with Crippen molar-refractivity contribution in [3.05, 3.63) is 59.5 Å². The average molecular weight is 471 g/mol. The second kappa shape index (κ2) is 10.6. The number of rotatable bonds is 6. The first-order chi connectivity index (χ1) is 15.3. The minimum Gasteiger partial charge on any atom is -0.367 e. The molecule has 0 unspecified atom stereocenters. The molecule has 1 aliphatic rings. The minimum absolute atomic E-state index is 0. The van der Waals surface area contributed by atoms with Crippen molar-refractivity contribution >= 4 is 18.1 Å². The zero-order chi connectivity index (χ0) is 22.7. The van der Waals surface area contributed by atoms with Crippen LogP contribution in [0.5, 0.6) is 0 Å². The van der Waals surface area contributed by atoms with E-state index in [2.05, 4.69) is 89.5 Å². The van der Waals surface area contributed by atoms with E-state index in [1.54, 1.807) is 0 Å². The van der Waals surface area contributed by atoms with Crippen LogP contribution in [0.15, 0.2) is 41.2 Å². The molecule has 1 aromatic carbocycles. The molecule has 1 saturated heterocycles. The van der Waals surface area contributed by atoms with E-state index < -0.39 is 0 Å². The Hall–Kier alpha value is -2.48. The van der Waals surface area contributed by atoms with Gasteiger partial charge in [0.1, 0.15) is 0 Å². The van der Waals surface area contributed by atoms with Gasteiger partial charge in [-0.3, -0.25) is 4.98 Å². The maximum Gasteiger partial charge on any atom is 0.232 e. The van der Waals surface area contributed by atoms with Crippen molar-refractivity contribution in [3.8, 4) is 11.1 Å². The Labute approximate surface area is 202 Å². The number of hydrogen-bond acceptors (Lipinski definition) is 7. The number of nitrogens with one attached hydrogen (secondary N) is 2. The molecule has 8 heteroatoms. The van der Waals surface area contributed by atoms with Crippen molar-refractivity contribution in [1.29, 1.82) is 0 Å². The van der Waals surface area contributed by atoms with Crippen LogP contribution in [0.2, 0.25) is 0 Å². The van der Waals surface area contributed by atoms with Crippen LogP contribution in [0.4, 0.5) is 5.69 Å². The van der Waals surface area contributed by atoms with Crippen LogP contribution >= 0.6 is 12.4 Å². The molecule has 3 aromatic rings. The minimum atomic E-state index is -0.139. The SMILES string of the molecule is Cc1cc(-c2ccncc2N2CCNCC2)ccc1[C@@H](C)NCc1noc(C(C)(C)C)n1.Cl. The van der Waals surface area contributed by atoms with Gasteiger partial charge in [-0.25, -0.2) is 0 Å². The van der Waals surface area contributed by atoms with E-state index in [4.69, 9.17) is 4.52 Å². The van der Waals surface area contributed by atoms with Crippen LogP contribution in [0.3, 0.4) is 0 Å². The standard InChI is InChI=1S/C25H34N6O.ClH/c1-17-14-19(21-8-9-27-15-22(21)31-12-10-26-11-13-31)6-7-20(17)18(2)28-16-23-29-24(32-30-23)25(3,4)5;/h6-9,14-15,18,26,28H,10-13,16H2,1-5H3;1H/t18-;/m1./s1. The molecule has 1 atom stereocenters. The van der Waals surface area contributed by atoms with Crippen molar-refractivity contribution < 1.29 is 4.52 Å². The molecule has 0 amide bonds. The summed E-state index contributed by atoms with van der Waals surface area (Å²) in [4.78, 5) is 11.3. The quantitative estimate of drug-likeness (QED) is 0.552. The van der Waals surface area contributed by atoms with Crippen molar-refractivity contribution in [3.63, 3.8) is 0 Å². The molecule has 33 heavy (non-hydrogen) atoms. The second-order valence-corrected chi connectivity index (χ2v) is 9.57. The van der Waals surface area contributed by atoms with Crippen LogP contribution in [0.1, 0.15) is 56.6 Å². The van der Waals surface area contributed by atoms with E-state index in [-0.39, 0.29) is 23.9 Å². The van der Waals surface area contributed by atoms with E-state index in [9.17, 15) is 0 Å². The average Bonchev–Trinajstić information content (AvgIpc) is 3.28. The molecule has 0 saturated carbocycles. The Morgan fingerprint density at radius 2 is 1.94 bits per heavy atom. The number of pyridine rings is 1. The maximum atomic E-state index is 5.40. The van der Waals surface area contributed by atoms with Crippen LogP contribution in [0.25, 0.3) is 11.1 Å². The van der Waals surface area contributed by atoms with Crippen LogP contribution in [0, 0.1) is 6.92 Å². The van der Waals surface area contributed by atoms with E-state index >= 15 is 0 Å². The Balaban J connectivity index is 0.00000306. The lowest BCUT2D eigenvalue weighted by Crippen LogP contribution is -2.43. The van der Waals surface area contributed by atoms with E-state index in [0.29, 0.717) is 18.3 Å². The number of nitrogens with zero attached hydrogens (tertiary/aromatic N) is 4. The number of aryl methyl sites for hydroxylation is 1. The summed E-state index contributed by atoms with van der Waals surface area (Å²) in [5, 5.41) is 11.1. The van der Waals surface area contributed by atoms with Gasteiger partial charge in [-0.1, -0.05) is 44.1 Å². The zero-order valence-electron chi connectivity index (χ0n) is 20.2. The van der Waals surface area contributed by atoms with Gasteiger partial charge in [0, 0.05) is 49.4 Å². The summed E-state index contributed by atoms with van der Waals surface area (Å²) in [5.74, 6) is 1.36. The third-order valence-electron chi connectivity index (χ3n) is 5.98. The topological polar surface area (TPSA) is 79.1 Å². The lowest BCUT2D eigenvalue weighted by molar-refractivity contribution is 0.317. The lowest BCUT2D eigenvalue weighted by Gasteiger charge is -2.31. The number of halogens is 1. The molecule has 3 heterocycles. The fraction of sp³-hybridized carbons (Fsp3) is 0.480. The molecule has 0 aliphatic carbocycles. The van der Waals surface area contributed by atoms with Crippen molar-refractivity contribution in [2.75, 3.05) is 31.1 Å². The first-order valence-corrected chi connectivity index (χ1v) is 11.4. The summed E-state index contributed by atoms with van der Waals surface area (Å²) in [5.41, 5.74) is 6.06. The molecule has 1 aliphatic heterocycles.